The van der Waals surface area contributed by atoms with Crippen LogP contribution in [0.5, 0.6) is 0 Å². The molecule has 1 unspecified atom stereocenters. The number of nitrogens with zero attached hydrogens (tertiary/aromatic N) is 1. The van der Waals surface area contributed by atoms with Gasteiger partial charge >= 0.3 is 0 Å². The molecule has 2 rings (SSSR count). The van der Waals surface area contributed by atoms with Crippen LogP contribution in [0.3, 0.4) is 0 Å². The molecule has 5 heteroatoms. The van der Waals surface area contributed by atoms with E-state index in [4.69, 9.17) is 0 Å². The van der Waals surface area contributed by atoms with Gasteiger partial charge in [-0.3, -0.25) is 9.89 Å². The molecule has 1 amide bonds. The first-order valence-corrected chi connectivity index (χ1v) is 7.85. The van der Waals surface area contributed by atoms with E-state index >= 15 is 0 Å². The van der Waals surface area contributed by atoms with E-state index in [2.05, 4.69) is 15.5 Å². The molecule has 0 saturated carbocycles. The van der Waals surface area contributed by atoms with Gasteiger partial charge in [-0.05, 0) is 31.6 Å². The van der Waals surface area contributed by atoms with E-state index in [1.165, 1.54) is 0 Å². The molecular weight excluding hydrogens is 266 g/mol. The molecule has 118 valence electrons. The molecule has 0 bridgehead atoms. The zero-order valence-electron chi connectivity index (χ0n) is 13.5. The average Bonchev–Trinajstić information content (AvgIpc) is 2.88. The maximum atomic E-state index is 12.3. The summed E-state index contributed by atoms with van der Waals surface area (Å²) in [5.74, 6) is 0.0217. The monoisotopic (exact) mass is 293 g/mol. The normalized spacial score (nSPS) is 16.7. The van der Waals surface area contributed by atoms with Crippen LogP contribution in [0.4, 0.5) is 0 Å². The Morgan fingerprint density at radius 2 is 2.05 bits per heavy atom. The van der Waals surface area contributed by atoms with Gasteiger partial charge in [0.2, 0.25) is 0 Å². The summed E-state index contributed by atoms with van der Waals surface area (Å²) < 4.78 is 0. The first-order valence-electron chi connectivity index (χ1n) is 7.85. The number of rotatable bonds is 5. The first kappa shape index (κ1) is 16.0. The smallest absolute Gasteiger partial charge is 0.272 e. The lowest BCUT2D eigenvalue weighted by Gasteiger charge is -2.33. The van der Waals surface area contributed by atoms with Crippen molar-refractivity contribution < 1.29 is 9.90 Å². The minimum absolute atomic E-state index is 0.140. The minimum atomic E-state index is -0.453. The van der Waals surface area contributed by atoms with Crippen molar-refractivity contribution in [2.24, 2.45) is 11.3 Å². The number of hydrogen-bond acceptors (Lipinski definition) is 3. The molecule has 1 aromatic heterocycles. The lowest BCUT2D eigenvalue weighted by Crippen LogP contribution is -2.43. The zero-order chi connectivity index (χ0) is 15.6. The summed E-state index contributed by atoms with van der Waals surface area (Å²) in [6.45, 7) is 8.35. The molecule has 0 radical (unpaired) electrons. The number of fused-ring (bicyclic) bond motifs is 1. The molecule has 21 heavy (non-hydrogen) atoms. The number of amides is 1. The van der Waals surface area contributed by atoms with E-state index in [0.29, 0.717) is 12.2 Å². The molecule has 3 N–H and O–H groups in total. The number of aliphatic hydroxyl groups is 1. The lowest BCUT2D eigenvalue weighted by molar-refractivity contribution is 0.0138. The van der Waals surface area contributed by atoms with Gasteiger partial charge in [0, 0.05) is 23.2 Å². The van der Waals surface area contributed by atoms with E-state index in [0.717, 1.165) is 36.9 Å². The number of H-pyrrole nitrogens is 1. The van der Waals surface area contributed by atoms with Gasteiger partial charge in [0.05, 0.1) is 6.10 Å². The third-order valence-electron chi connectivity index (χ3n) is 4.41. The van der Waals surface area contributed by atoms with Gasteiger partial charge in [0.15, 0.2) is 5.69 Å². The number of carbonyl (C=O) groups excluding carboxylic acids is 1. The summed E-state index contributed by atoms with van der Waals surface area (Å²) in [7, 11) is 0. The molecule has 0 aliphatic heterocycles. The Labute approximate surface area is 126 Å². The third kappa shape index (κ3) is 3.46. The molecule has 1 aliphatic carbocycles. The Hall–Kier alpha value is -1.36. The first-order chi connectivity index (χ1) is 9.83. The van der Waals surface area contributed by atoms with Gasteiger partial charge in [-0.1, -0.05) is 27.7 Å². The predicted octanol–water partition coefficient (Wildman–Crippen LogP) is 2.06. The molecule has 1 heterocycles. The summed E-state index contributed by atoms with van der Waals surface area (Å²) >= 11 is 0. The number of aromatic nitrogens is 2. The van der Waals surface area contributed by atoms with Crippen molar-refractivity contribution in [1.29, 1.82) is 0 Å². The van der Waals surface area contributed by atoms with Crippen LogP contribution in [0.25, 0.3) is 0 Å². The van der Waals surface area contributed by atoms with Crippen molar-refractivity contribution in [2.75, 3.05) is 6.54 Å². The van der Waals surface area contributed by atoms with Gasteiger partial charge in [-0.15, -0.1) is 0 Å². The Bertz CT molecular complexity index is 506. The number of aliphatic hydroxyl groups excluding tert-OH is 1. The number of aromatic amines is 1. The van der Waals surface area contributed by atoms with E-state index < -0.39 is 6.10 Å². The predicted molar refractivity (Wildman–Crippen MR) is 82.2 cm³/mol. The third-order valence-corrected chi connectivity index (χ3v) is 4.41. The average molecular weight is 293 g/mol. The van der Waals surface area contributed by atoms with Crippen LogP contribution in [0.1, 0.15) is 62.3 Å². The van der Waals surface area contributed by atoms with Crippen LogP contribution in [0.15, 0.2) is 0 Å². The summed E-state index contributed by atoms with van der Waals surface area (Å²) in [5.41, 5.74) is 2.34. The molecule has 5 nitrogen and oxygen atoms in total. The lowest BCUT2D eigenvalue weighted by atomic mass is 9.80. The minimum Gasteiger partial charge on any atom is -0.392 e. The Morgan fingerprint density at radius 3 is 2.71 bits per heavy atom. The van der Waals surface area contributed by atoms with Crippen LogP contribution in [-0.2, 0) is 12.8 Å². The number of nitrogens with one attached hydrogen (secondary N) is 2. The highest BCUT2D eigenvalue weighted by atomic mass is 16.3. The second kappa shape index (κ2) is 6.18. The Morgan fingerprint density at radius 1 is 1.38 bits per heavy atom. The fourth-order valence-electron chi connectivity index (χ4n) is 3.07. The zero-order valence-corrected chi connectivity index (χ0v) is 13.5. The highest BCUT2D eigenvalue weighted by Crippen LogP contribution is 2.26. The highest BCUT2D eigenvalue weighted by molar-refractivity contribution is 5.94. The summed E-state index contributed by atoms with van der Waals surface area (Å²) in [5, 5.41) is 20.3. The van der Waals surface area contributed by atoms with Crippen LogP contribution in [0.2, 0.25) is 0 Å². The molecule has 1 aliphatic rings. The van der Waals surface area contributed by atoms with Crippen molar-refractivity contribution in [1.82, 2.24) is 15.5 Å². The maximum Gasteiger partial charge on any atom is 0.272 e. The van der Waals surface area contributed by atoms with Gasteiger partial charge < -0.3 is 10.4 Å². The second-order valence-corrected chi connectivity index (χ2v) is 7.10. The topological polar surface area (TPSA) is 78.0 Å². The number of carbonyl (C=O) groups is 1. The van der Waals surface area contributed by atoms with Crippen molar-refractivity contribution in [2.45, 2.75) is 59.5 Å². The van der Waals surface area contributed by atoms with Crippen LogP contribution in [0, 0.1) is 11.3 Å². The quantitative estimate of drug-likeness (QED) is 0.777. The van der Waals surface area contributed by atoms with E-state index in [1.54, 1.807) is 0 Å². The van der Waals surface area contributed by atoms with Crippen LogP contribution in [-0.4, -0.2) is 33.9 Å². The van der Waals surface area contributed by atoms with Crippen LogP contribution < -0.4 is 5.32 Å². The van der Waals surface area contributed by atoms with Crippen molar-refractivity contribution in [3.8, 4) is 0 Å². The van der Waals surface area contributed by atoms with Gasteiger partial charge in [-0.25, -0.2) is 0 Å². The molecular formula is C16H27N3O2. The molecule has 0 aromatic carbocycles. The summed E-state index contributed by atoms with van der Waals surface area (Å²) in [6, 6.07) is 0. The molecule has 1 aromatic rings. The molecule has 0 saturated heterocycles. The van der Waals surface area contributed by atoms with E-state index in [1.807, 2.05) is 27.7 Å². The highest BCUT2D eigenvalue weighted by Gasteiger charge is 2.31. The summed E-state index contributed by atoms with van der Waals surface area (Å²) in [6.07, 6.45) is 3.72. The summed E-state index contributed by atoms with van der Waals surface area (Å²) in [4.78, 5) is 12.3. The Balaban J connectivity index is 2.01. The molecule has 0 spiro atoms. The van der Waals surface area contributed by atoms with E-state index in [-0.39, 0.29) is 17.2 Å². The van der Waals surface area contributed by atoms with Crippen molar-refractivity contribution in [3.63, 3.8) is 0 Å². The number of aryl methyl sites for hydroxylation is 1. The maximum absolute atomic E-state index is 12.3. The standard InChI is InChI=1S/C16H27N3O2/c1-10(2)14(20)16(3,4)9-17-15(21)13-11-7-5-6-8-12(11)18-19-13/h10,14,20H,5-9H2,1-4H3,(H,17,21)(H,18,19). The molecule has 1 atom stereocenters. The largest absolute Gasteiger partial charge is 0.392 e. The molecule has 0 fully saturated rings. The SMILES string of the molecule is CC(C)C(O)C(C)(C)CNC(=O)c1n[nH]c2c1CCCC2. The fourth-order valence-corrected chi connectivity index (χ4v) is 3.07. The Kier molecular flexibility index (Phi) is 4.71. The van der Waals surface area contributed by atoms with Gasteiger partial charge in [0.25, 0.3) is 5.91 Å². The fraction of sp³-hybridized carbons (Fsp3) is 0.750. The van der Waals surface area contributed by atoms with Gasteiger partial charge in [-0.2, -0.15) is 5.10 Å². The van der Waals surface area contributed by atoms with Crippen LogP contribution >= 0.6 is 0 Å². The number of hydrogen-bond donors (Lipinski definition) is 3. The second-order valence-electron chi connectivity index (χ2n) is 7.10. The van der Waals surface area contributed by atoms with E-state index in [9.17, 15) is 9.90 Å². The van der Waals surface area contributed by atoms with Gasteiger partial charge in [0.1, 0.15) is 0 Å². The van der Waals surface area contributed by atoms with Crippen molar-refractivity contribution >= 4 is 5.91 Å². The van der Waals surface area contributed by atoms with Crippen molar-refractivity contribution in [3.05, 3.63) is 17.0 Å².